The van der Waals surface area contributed by atoms with E-state index in [0.717, 1.165) is 48.2 Å². The quantitative estimate of drug-likeness (QED) is 0.584. The van der Waals surface area contributed by atoms with Gasteiger partial charge in [0, 0.05) is 32.4 Å². The summed E-state index contributed by atoms with van der Waals surface area (Å²) in [6.45, 7) is 6.24. The summed E-state index contributed by atoms with van der Waals surface area (Å²) in [5.74, 6) is 1.01. The molecule has 0 aromatic carbocycles. The number of hydrogen-bond donors (Lipinski definition) is 2. The first-order valence-electron chi connectivity index (χ1n) is 7.06. The maximum absolute atomic E-state index is 11.7. The zero-order chi connectivity index (χ0) is 16.1. The summed E-state index contributed by atoms with van der Waals surface area (Å²) in [6, 6.07) is 0. The molecule has 0 saturated carbocycles. The van der Waals surface area contributed by atoms with Crippen molar-refractivity contribution < 1.29 is 4.74 Å². The maximum Gasteiger partial charge on any atom is 0.329 e. The highest BCUT2D eigenvalue weighted by atomic mass is 32.2. The van der Waals surface area contributed by atoms with Crippen LogP contribution in [0.1, 0.15) is 6.92 Å². The van der Waals surface area contributed by atoms with E-state index in [4.69, 9.17) is 10.5 Å². The van der Waals surface area contributed by atoms with Crippen molar-refractivity contribution in [2.75, 3.05) is 44.3 Å². The molecule has 1 aliphatic heterocycles. The second-order valence-electron chi connectivity index (χ2n) is 4.99. The van der Waals surface area contributed by atoms with Crippen LogP contribution in [0.2, 0.25) is 0 Å². The molecule has 9 heteroatoms. The Labute approximate surface area is 132 Å². The van der Waals surface area contributed by atoms with Gasteiger partial charge in [-0.05, 0) is 6.92 Å². The fraction of sp³-hybridized carbons (Fsp3) is 0.615. The minimum absolute atomic E-state index is 0.0461. The van der Waals surface area contributed by atoms with E-state index in [1.165, 1.54) is 7.05 Å². The molecule has 8 nitrogen and oxygen atoms in total. The fourth-order valence-electron chi connectivity index (χ4n) is 2.05. The van der Waals surface area contributed by atoms with Crippen molar-refractivity contribution in [3.8, 4) is 0 Å². The molecule has 1 saturated heterocycles. The molecular weight excluding hydrogens is 306 g/mol. The number of morpholine rings is 1. The standard InChI is InChI=1S/C13H21N5O3S/c1-9(22-8-5-18-3-6-21-7-4-18)15-11-10(14)12(19)17(2)13(20)16-11/h3-8,14H2,1-2H3,(H,16,20)/b15-9+. The van der Waals surface area contributed by atoms with E-state index in [9.17, 15) is 9.59 Å². The minimum Gasteiger partial charge on any atom is -0.391 e. The lowest BCUT2D eigenvalue weighted by molar-refractivity contribution is 0.0410. The molecular formula is C13H21N5O3S. The Hall–Kier alpha value is -1.58. The fourth-order valence-corrected chi connectivity index (χ4v) is 2.85. The number of aliphatic imine (C=N–C) groups is 1. The molecule has 0 bridgehead atoms. The monoisotopic (exact) mass is 327 g/mol. The minimum atomic E-state index is -0.534. The molecule has 1 aromatic rings. The Morgan fingerprint density at radius 2 is 2.09 bits per heavy atom. The molecule has 1 fully saturated rings. The Morgan fingerprint density at radius 1 is 1.41 bits per heavy atom. The molecule has 2 heterocycles. The lowest BCUT2D eigenvalue weighted by Crippen LogP contribution is -2.37. The van der Waals surface area contributed by atoms with Crippen LogP contribution in [-0.2, 0) is 11.8 Å². The third-order valence-corrected chi connectivity index (χ3v) is 4.31. The summed E-state index contributed by atoms with van der Waals surface area (Å²) in [4.78, 5) is 32.4. The predicted octanol–water partition coefficient (Wildman–Crippen LogP) is -0.229. The number of nitrogens with zero attached hydrogens (tertiary/aromatic N) is 3. The van der Waals surface area contributed by atoms with Crippen LogP contribution in [0, 0.1) is 0 Å². The third kappa shape index (κ3) is 4.21. The summed E-state index contributed by atoms with van der Waals surface area (Å²) < 4.78 is 6.23. The zero-order valence-electron chi connectivity index (χ0n) is 12.8. The summed E-state index contributed by atoms with van der Waals surface area (Å²) in [6.07, 6.45) is 0. The molecule has 22 heavy (non-hydrogen) atoms. The van der Waals surface area contributed by atoms with Crippen LogP contribution in [0.5, 0.6) is 0 Å². The third-order valence-electron chi connectivity index (χ3n) is 3.41. The molecule has 0 unspecified atom stereocenters. The SMILES string of the molecule is C/C(=N\c1[nH]c(=O)n(C)c(=O)c1N)SCCN1CCOCC1. The molecule has 0 radical (unpaired) electrons. The number of thioether (sulfide) groups is 1. The van der Waals surface area contributed by atoms with Gasteiger partial charge in [0.15, 0.2) is 5.82 Å². The lowest BCUT2D eigenvalue weighted by Gasteiger charge is -2.26. The number of nitrogens with one attached hydrogen (secondary N) is 1. The molecule has 0 aliphatic carbocycles. The number of H-pyrrole nitrogens is 1. The van der Waals surface area contributed by atoms with Crippen LogP contribution in [0.3, 0.4) is 0 Å². The Bertz CT molecular complexity index is 661. The van der Waals surface area contributed by atoms with Crippen molar-refractivity contribution in [3.63, 3.8) is 0 Å². The van der Waals surface area contributed by atoms with Crippen molar-refractivity contribution in [1.82, 2.24) is 14.5 Å². The van der Waals surface area contributed by atoms with Gasteiger partial charge in [0.05, 0.1) is 18.3 Å². The Kier molecular flexibility index (Phi) is 5.81. The smallest absolute Gasteiger partial charge is 0.329 e. The van der Waals surface area contributed by atoms with Gasteiger partial charge in [0.25, 0.3) is 5.56 Å². The van der Waals surface area contributed by atoms with Gasteiger partial charge < -0.3 is 10.5 Å². The number of nitrogen functional groups attached to an aromatic ring is 1. The Morgan fingerprint density at radius 3 is 2.77 bits per heavy atom. The van der Waals surface area contributed by atoms with E-state index in [-0.39, 0.29) is 11.5 Å². The molecule has 1 aliphatic rings. The largest absolute Gasteiger partial charge is 0.391 e. The molecule has 3 N–H and O–H groups in total. The van der Waals surface area contributed by atoms with Gasteiger partial charge in [0.1, 0.15) is 5.69 Å². The first-order valence-corrected chi connectivity index (χ1v) is 8.04. The molecule has 0 amide bonds. The number of ether oxygens (including phenoxy) is 1. The van der Waals surface area contributed by atoms with Crippen LogP contribution in [0.15, 0.2) is 14.6 Å². The van der Waals surface area contributed by atoms with Gasteiger partial charge in [-0.25, -0.2) is 9.79 Å². The molecule has 1 aromatic heterocycles. The lowest BCUT2D eigenvalue weighted by atomic mass is 10.4. The average Bonchev–Trinajstić information content (AvgIpc) is 2.51. The topological polar surface area (TPSA) is 106 Å². The van der Waals surface area contributed by atoms with Gasteiger partial charge in [-0.3, -0.25) is 19.2 Å². The van der Waals surface area contributed by atoms with Gasteiger partial charge in [-0.1, -0.05) is 0 Å². The van der Waals surface area contributed by atoms with E-state index >= 15 is 0 Å². The van der Waals surface area contributed by atoms with Crippen molar-refractivity contribution in [1.29, 1.82) is 0 Å². The van der Waals surface area contributed by atoms with Crippen molar-refractivity contribution >= 4 is 28.3 Å². The van der Waals surface area contributed by atoms with E-state index in [2.05, 4.69) is 14.9 Å². The van der Waals surface area contributed by atoms with Crippen molar-refractivity contribution in [2.45, 2.75) is 6.92 Å². The number of aromatic amines is 1. The molecule has 2 rings (SSSR count). The van der Waals surface area contributed by atoms with E-state index in [0.29, 0.717) is 0 Å². The molecule has 0 atom stereocenters. The van der Waals surface area contributed by atoms with Gasteiger partial charge in [0.2, 0.25) is 0 Å². The summed E-state index contributed by atoms with van der Waals surface area (Å²) in [5.41, 5.74) is 4.60. The second kappa shape index (κ2) is 7.61. The highest BCUT2D eigenvalue weighted by molar-refractivity contribution is 8.13. The zero-order valence-corrected chi connectivity index (χ0v) is 13.6. The van der Waals surface area contributed by atoms with Crippen molar-refractivity contribution in [3.05, 3.63) is 20.8 Å². The van der Waals surface area contributed by atoms with Crippen LogP contribution in [0.25, 0.3) is 0 Å². The van der Waals surface area contributed by atoms with Gasteiger partial charge in [-0.2, -0.15) is 0 Å². The number of anilines is 1. The number of hydrogen-bond acceptors (Lipinski definition) is 7. The summed E-state index contributed by atoms with van der Waals surface area (Å²) in [7, 11) is 1.37. The average molecular weight is 327 g/mol. The number of aromatic nitrogens is 2. The van der Waals surface area contributed by atoms with Crippen LogP contribution >= 0.6 is 11.8 Å². The van der Waals surface area contributed by atoms with Crippen LogP contribution in [-0.4, -0.2) is 58.1 Å². The molecule has 0 spiro atoms. The van der Waals surface area contributed by atoms with Gasteiger partial charge >= 0.3 is 5.69 Å². The van der Waals surface area contributed by atoms with Gasteiger partial charge in [-0.15, -0.1) is 11.8 Å². The number of nitrogens with two attached hydrogens (primary N) is 1. The molecule has 122 valence electrons. The Balaban J connectivity index is 1.97. The maximum atomic E-state index is 11.7. The number of rotatable bonds is 4. The first-order chi connectivity index (χ1) is 10.5. The van der Waals surface area contributed by atoms with Crippen LogP contribution in [0.4, 0.5) is 11.5 Å². The van der Waals surface area contributed by atoms with E-state index in [1.807, 2.05) is 6.92 Å². The predicted molar refractivity (Wildman–Crippen MR) is 89.2 cm³/mol. The van der Waals surface area contributed by atoms with Crippen molar-refractivity contribution in [2.24, 2.45) is 12.0 Å². The first kappa shape index (κ1) is 16.8. The summed E-state index contributed by atoms with van der Waals surface area (Å²) >= 11 is 1.57. The highest BCUT2D eigenvalue weighted by Gasteiger charge is 2.11. The summed E-state index contributed by atoms with van der Waals surface area (Å²) in [5, 5.41) is 0.754. The normalized spacial score (nSPS) is 16.9. The van der Waals surface area contributed by atoms with E-state index < -0.39 is 11.2 Å². The van der Waals surface area contributed by atoms with E-state index in [1.54, 1.807) is 11.8 Å². The second-order valence-corrected chi connectivity index (χ2v) is 6.28. The van der Waals surface area contributed by atoms with Crippen LogP contribution < -0.4 is 17.0 Å². The highest BCUT2D eigenvalue weighted by Crippen LogP contribution is 2.15.